The van der Waals surface area contributed by atoms with Crippen molar-refractivity contribution in [2.24, 2.45) is 11.3 Å². The molecule has 0 spiro atoms. The maximum atomic E-state index is 12.6. The van der Waals surface area contributed by atoms with E-state index in [9.17, 15) is 4.79 Å². The van der Waals surface area contributed by atoms with Crippen LogP contribution in [0.4, 0.5) is 0 Å². The predicted molar refractivity (Wildman–Crippen MR) is 98.4 cm³/mol. The highest BCUT2D eigenvalue weighted by Crippen LogP contribution is 2.31. The average Bonchev–Trinajstić information content (AvgIpc) is 2.86. The van der Waals surface area contributed by atoms with Gasteiger partial charge in [0.15, 0.2) is 16.8 Å². The Bertz CT molecular complexity index is 774. The minimum atomic E-state index is 0.201. The molecule has 0 fully saturated rings. The largest absolute Gasteiger partial charge is 0.294 e. The summed E-state index contributed by atoms with van der Waals surface area (Å²) in [5, 5.41) is 13.2. The lowest BCUT2D eigenvalue weighted by molar-refractivity contribution is 0.0971. The number of rotatable bonds is 4. The van der Waals surface area contributed by atoms with E-state index in [2.05, 4.69) is 37.9 Å². The lowest BCUT2D eigenvalue weighted by Crippen LogP contribution is -2.16. The molecule has 0 radical (unpaired) electrons. The minimum Gasteiger partial charge on any atom is -0.294 e. The number of carbonyl (C=O) groups excluding carboxylic acids is 1. The zero-order chi connectivity index (χ0) is 18.2. The molecule has 0 N–H and O–H groups in total. The van der Waals surface area contributed by atoms with Crippen LogP contribution in [0, 0.1) is 11.3 Å². The number of aromatic nitrogens is 4. The molecule has 2 aromatic heterocycles. The van der Waals surface area contributed by atoms with Gasteiger partial charge in [0, 0.05) is 6.42 Å². The molecule has 5 nitrogen and oxygen atoms in total. The molecule has 6 heteroatoms. The van der Waals surface area contributed by atoms with Crippen LogP contribution in [0.3, 0.4) is 0 Å². The summed E-state index contributed by atoms with van der Waals surface area (Å²) in [7, 11) is 0. The van der Waals surface area contributed by atoms with Crippen LogP contribution in [0.25, 0.3) is 5.82 Å². The molecule has 1 unspecified atom stereocenters. The van der Waals surface area contributed by atoms with Crippen molar-refractivity contribution in [1.29, 1.82) is 0 Å². The lowest BCUT2D eigenvalue weighted by Gasteiger charge is -2.23. The van der Waals surface area contributed by atoms with Crippen molar-refractivity contribution in [3.05, 3.63) is 34.2 Å². The zero-order valence-corrected chi connectivity index (χ0v) is 16.1. The summed E-state index contributed by atoms with van der Waals surface area (Å²) in [6, 6.07) is 3.49. The molecule has 134 valence electrons. The molecule has 0 saturated heterocycles. The number of hydrogen-bond acceptors (Lipinski definition) is 4. The Morgan fingerprint density at radius 3 is 2.64 bits per heavy atom. The van der Waals surface area contributed by atoms with Gasteiger partial charge in [-0.15, -0.1) is 10.2 Å². The molecule has 0 amide bonds. The molecule has 0 bridgehead atoms. The van der Waals surface area contributed by atoms with Crippen LogP contribution in [0.1, 0.15) is 68.7 Å². The first-order valence-corrected chi connectivity index (χ1v) is 9.26. The number of hydrogen-bond donors (Lipinski definition) is 0. The molecule has 1 aliphatic carbocycles. The first-order chi connectivity index (χ1) is 11.7. The molecule has 3 rings (SSSR count). The minimum absolute atomic E-state index is 0.201. The third-order valence-corrected chi connectivity index (χ3v) is 4.69. The maximum absolute atomic E-state index is 12.6. The highest BCUT2D eigenvalue weighted by atomic mass is 35.5. The second-order valence-corrected chi connectivity index (χ2v) is 8.63. The molecule has 25 heavy (non-hydrogen) atoms. The molecule has 0 saturated carbocycles. The van der Waals surface area contributed by atoms with Crippen LogP contribution in [-0.4, -0.2) is 25.8 Å². The number of nitrogens with zero attached hydrogens (tertiary/aromatic N) is 4. The van der Waals surface area contributed by atoms with Crippen LogP contribution in [-0.2, 0) is 12.8 Å². The molecule has 0 aromatic carbocycles. The molecule has 2 heterocycles. The van der Waals surface area contributed by atoms with Gasteiger partial charge in [0.25, 0.3) is 0 Å². The zero-order valence-electron chi connectivity index (χ0n) is 15.3. The standard InChI is InChI=1S/C19H25ClN4O/c1-12(11-19(2,3)4)10-13-18-14(6-5-7-15(18)25)24(23-13)17-9-8-16(20)21-22-17/h8-9,12H,5-7,10-11H2,1-4H3. The third kappa shape index (κ3) is 4.09. The van der Waals surface area contributed by atoms with E-state index in [4.69, 9.17) is 16.7 Å². The molecular weight excluding hydrogens is 336 g/mol. The Kier molecular flexibility index (Phi) is 4.96. The van der Waals surface area contributed by atoms with E-state index < -0.39 is 0 Å². The predicted octanol–water partition coefficient (Wildman–Crippen LogP) is 4.45. The van der Waals surface area contributed by atoms with Gasteiger partial charge in [0.1, 0.15) is 0 Å². The first kappa shape index (κ1) is 18.1. The van der Waals surface area contributed by atoms with Gasteiger partial charge < -0.3 is 0 Å². The van der Waals surface area contributed by atoms with Crippen LogP contribution >= 0.6 is 11.6 Å². The van der Waals surface area contributed by atoms with E-state index in [1.165, 1.54) is 0 Å². The van der Waals surface area contributed by atoms with E-state index >= 15 is 0 Å². The molecule has 2 aromatic rings. The van der Waals surface area contributed by atoms with Crippen molar-refractivity contribution in [3.63, 3.8) is 0 Å². The van der Waals surface area contributed by atoms with Gasteiger partial charge in [-0.3, -0.25) is 4.79 Å². The Morgan fingerprint density at radius 2 is 2.00 bits per heavy atom. The monoisotopic (exact) mass is 360 g/mol. The number of carbonyl (C=O) groups is 1. The van der Waals surface area contributed by atoms with Crippen molar-refractivity contribution >= 4 is 17.4 Å². The highest BCUT2D eigenvalue weighted by Gasteiger charge is 2.29. The van der Waals surface area contributed by atoms with Crippen LogP contribution < -0.4 is 0 Å². The van der Waals surface area contributed by atoms with Crippen LogP contribution in [0.5, 0.6) is 0 Å². The Labute approximate surface area is 153 Å². The summed E-state index contributed by atoms with van der Waals surface area (Å²) in [5.41, 5.74) is 2.93. The second-order valence-electron chi connectivity index (χ2n) is 8.25. The number of halogens is 1. The van der Waals surface area contributed by atoms with Gasteiger partial charge in [-0.05, 0) is 49.1 Å². The fourth-order valence-corrected chi connectivity index (χ4v) is 3.90. The van der Waals surface area contributed by atoms with Crippen LogP contribution in [0.15, 0.2) is 12.1 Å². The van der Waals surface area contributed by atoms with Crippen molar-refractivity contribution in [2.75, 3.05) is 0 Å². The van der Waals surface area contributed by atoms with E-state index in [1.807, 2.05) is 0 Å². The van der Waals surface area contributed by atoms with Gasteiger partial charge in [0.05, 0.1) is 17.0 Å². The van der Waals surface area contributed by atoms with E-state index in [0.717, 1.165) is 42.6 Å². The highest BCUT2D eigenvalue weighted by molar-refractivity contribution is 6.29. The van der Waals surface area contributed by atoms with E-state index in [1.54, 1.807) is 16.8 Å². The fourth-order valence-electron chi connectivity index (χ4n) is 3.80. The smallest absolute Gasteiger partial charge is 0.176 e. The van der Waals surface area contributed by atoms with Gasteiger partial charge in [0.2, 0.25) is 0 Å². The molecule has 1 aliphatic rings. The van der Waals surface area contributed by atoms with Gasteiger partial charge in [-0.1, -0.05) is 39.3 Å². The van der Waals surface area contributed by atoms with Crippen LogP contribution in [0.2, 0.25) is 5.15 Å². The van der Waals surface area contributed by atoms with Crippen molar-refractivity contribution in [1.82, 2.24) is 20.0 Å². The summed E-state index contributed by atoms with van der Waals surface area (Å²) in [4.78, 5) is 12.6. The Hall–Kier alpha value is -1.75. The Morgan fingerprint density at radius 1 is 1.24 bits per heavy atom. The fraction of sp³-hybridized carbons (Fsp3) is 0.579. The maximum Gasteiger partial charge on any atom is 0.176 e. The van der Waals surface area contributed by atoms with Gasteiger partial charge in [-0.2, -0.15) is 5.10 Å². The average molecular weight is 361 g/mol. The van der Waals surface area contributed by atoms with Crippen molar-refractivity contribution in [3.8, 4) is 5.82 Å². The second kappa shape index (κ2) is 6.87. The summed E-state index contributed by atoms with van der Waals surface area (Å²) < 4.78 is 1.79. The lowest BCUT2D eigenvalue weighted by atomic mass is 9.82. The van der Waals surface area contributed by atoms with E-state index in [-0.39, 0.29) is 11.2 Å². The normalized spacial score (nSPS) is 16.0. The molecule has 1 atom stereocenters. The SMILES string of the molecule is CC(Cc1nn(-c2ccc(Cl)nn2)c2c1C(=O)CCC2)CC(C)(C)C. The van der Waals surface area contributed by atoms with Crippen molar-refractivity contribution < 1.29 is 4.79 Å². The summed E-state index contributed by atoms with van der Waals surface area (Å²) >= 11 is 5.84. The summed E-state index contributed by atoms with van der Waals surface area (Å²) in [6.45, 7) is 8.95. The van der Waals surface area contributed by atoms with Gasteiger partial charge >= 0.3 is 0 Å². The number of ketones is 1. The topological polar surface area (TPSA) is 60.7 Å². The summed E-state index contributed by atoms with van der Waals surface area (Å²) in [6.07, 6.45) is 4.19. The Balaban J connectivity index is 1.98. The third-order valence-electron chi connectivity index (χ3n) is 4.49. The van der Waals surface area contributed by atoms with Gasteiger partial charge in [-0.25, -0.2) is 4.68 Å². The van der Waals surface area contributed by atoms with Crippen molar-refractivity contribution in [2.45, 2.75) is 59.8 Å². The van der Waals surface area contributed by atoms with E-state index in [0.29, 0.717) is 23.3 Å². The summed E-state index contributed by atoms with van der Waals surface area (Å²) in [5.74, 6) is 1.27. The number of fused-ring (bicyclic) bond motifs is 1. The number of Topliss-reactive ketones (excluding diaryl/α,β-unsaturated/α-hetero) is 1. The molecule has 0 aliphatic heterocycles. The quantitative estimate of drug-likeness (QED) is 0.808. The molecular formula is C19H25ClN4O. The first-order valence-electron chi connectivity index (χ1n) is 8.88.